The summed E-state index contributed by atoms with van der Waals surface area (Å²) in [6.45, 7) is 11.1. The summed E-state index contributed by atoms with van der Waals surface area (Å²) in [6, 6.07) is 4.28. The number of nitrogens with zero attached hydrogens (tertiary/aromatic N) is 2. The van der Waals surface area contributed by atoms with Gasteiger partial charge in [-0.2, -0.15) is 0 Å². The molecule has 2 aliphatic carbocycles. The minimum atomic E-state index is -3.96. The maximum atomic E-state index is 15.0. The van der Waals surface area contributed by atoms with Gasteiger partial charge in [0.1, 0.15) is 17.5 Å². The lowest BCUT2D eigenvalue weighted by molar-refractivity contribution is -0.160. The number of ketones is 1. The van der Waals surface area contributed by atoms with E-state index in [0.29, 0.717) is 48.3 Å². The van der Waals surface area contributed by atoms with Gasteiger partial charge in [-0.25, -0.2) is 13.4 Å². The maximum absolute atomic E-state index is 15.0. The number of Topliss-reactive ketones (excluding diaryl/α,β-unsaturated/α-hetero) is 1. The number of carbonyl (C=O) groups excluding carboxylic acids is 4. The zero-order chi connectivity index (χ0) is 40.8. The van der Waals surface area contributed by atoms with Crippen molar-refractivity contribution in [2.45, 2.75) is 128 Å². The van der Waals surface area contributed by atoms with Gasteiger partial charge in [0.15, 0.2) is 5.78 Å². The Morgan fingerprint density at radius 3 is 2.54 bits per heavy atom. The number of esters is 1. The van der Waals surface area contributed by atoms with Crippen molar-refractivity contribution in [1.29, 1.82) is 0 Å². The van der Waals surface area contributed by atoms with E-state index in [2.05, 4.69) is 16.6 Å². The number of carbonyl (C=O) groups is 4. The van der Waals surface area contributed by atoms with Crippen LogP contribution in [0.3, 0.4) is 0 Å². The van der Waals surface area contributed by atoms with Gasteiger partial charge in [-0.1, -0.05) is 44.0 Å². The minimum Gasteiger partial charge on any atom is -0.495 e. The Kier molecular flexibility index (Phi) is 11.9. The van der Waals surface area contributed by atoms with Crippen LogP contribution in [0.5, 0.6) is 11.6 Å². The molecular weight excluding hydrogens is 758 g/mol. The Morgan fingerprint density at radius 1 is 1.14 bits per heavy atom. The summed E-state index contributed by atoms with van der Waals surface area (Å²) in [5.74, 6) is -2.21. The van der Waals surface area contributed by atoms with Gasteiger partial charge in [-0.15, -0.1) is 0 Å². The number of amides is 2. The van der Waals surface area contributed by atoms with Crippen molar-refractivity contribution >= 4 is 56.0 Å². The molecule has 306 valence electrons. The highest BCUT2D eigenvalue weighted by Gasteiger charge is 2.62. The molecule has 4 aliphatic rings. The van der Waals surface area contributed by atoms with Gasteiger partial charge < -0.3 is 19.1 Å². The molecule has 1 saturated heterocycles. The second-order valence-corrected chi connectivity index (χ2v) is 20.3. The molecule has 0 bridgehead atoms. The molecule has 1 aromatic heterocycles. The minimum absolute atomic E-state index is 0.0310. The fourth-order valence-corrected chi connectivity index (χ4v) is 10.0. The highest BCUT2D eigenvalue weighted by molar-refractivity contribution is 7.91. The van der Waals surface area contributed by atoms with Gasteiger partial charge in [0.05, 0.1) is 47.2 Å². The van der Waals surface area contributed by atoms with Gasteiger partial charge in [0, 0.05) is 24.4 Å². The number of pyridine rings is 1. The Labute approximate surface area is 335 Å². The van der Waals surface area contributed by atoms with Crippen LogP contribution in [-0.4, -0.2) is 78.0 Å². The third-order valence-electron chi connectivity index (χ3n) is 12.2. The molecule has 14 heteroatoms. The van der Waals surface area contributed by atoms with E-state index in [9.17, 15) is 22.8 Å². The van der Waals surface area contributed by atoms with Crippen LogP contribution in [0.1, 0.15) is 106 Å². The molecule has 1 aromatic carbocycles. The van der Waals surface area contributed by atoms with Crippen molar-refractivity contribution in [3.8, 4) is 11.6 Å². The summed E-state index contributed by atoms with van der Waals surface area (Å²) in [6.07, 6.45) is 8.66. The van der Waals surface area contributed by atoms with E-state index >= 15 is 4.79 Å². The number of allylic oxidation sites excluding steroid dienone is 2. The number of rotatable bonds is 9. The van der Waals surface area contributed by atoms with Gasteiger partial charge >= 0.3 is 5.97 Å². The number of ether oxygens (including phenoxy) is 3. The van der Waals surface area contributed by atoms with Crippen LogP contribution in [0.15, 0.2) is 36.5 Å². The number of sulfonamides is 1. The molecule has 3 fully saturated rings. The molecule has 2 aliphatic heterocycles. The van der Waals surface area contributed by atoms with E-state index in [1.165, 1.54) is 12.0 Å². The van der Waals surface area contributed by atoms with E-state index in [-0.39, 0.29) is 61.1 Å². The van der Waals surface area contributed by atoms with E-state index in [1.807, 2.05) is 19.1 Å². The number of halogens is 1. The third kappa shape index (κ3) is 8.88. The van der Waals surface area contributed by atoms with E-state index in [0.717, 1.165) is 18.2 Å². The molecule has 6 rings (SSSR count). The molecule has 7 atom stereocenters. The number of hydrogen-bond donors (Lipinski definition) is 1. The van der Waals surface area contributed by atoms with Crippen molar-refractivity contribution in [3.63, 3.8) is 0 Å². The quantitative estimate of drug-likeness (QED) is 0.207. The third-order valence-corrected chi connectivity index (χ3v) is 14.7. The lowest BCUT2D eigenvalue weighted by Gasteiger charge is -2.33. The Hall–Kier alpha value is -3.71. The van der Waals surface area contributed by atoms with Crippen LogP contribution in [0, 0.1) is 29.1 Å². The topological polar surface area (TPSA) is 158 Å². The highest BCUT2D eigenvalue weighted by Crippen LogP contribution is 2.58. The molecule has 3 heterocycles. The van der Waals surface area contributed by atoms with Gasteiger partial charge in [-0.3, -0.25) is 23.9 Å². The summed E-state index contributed by atoms with van der Waals surface area (Å²) < 4.78 is 45.5. The largest absolute Gasteiger partial charge is 0.495 e. The van der Waals surface area contributed by atoms with E-state index in [4.69, 9.17) is 25.8 Å². The highest BCUT2D eigenvalue weighted by atomic mass is 35.5. The molecule has 1 N–H and O–H groups in total. The van der Waals surface area contributed by atoms with Gasteiger partial charge in [0.2, 0.25) is 27.7 Å². The molecule has 0 unspecified atom stereocenters. The number of aromatic nitrogens is 1. The van der Waals surface area contributed by atoms with Gasteiger partial charge in [0.25, 0.3) is 0 Å². The monoisotopic (exact) mass is 813 g/mol. The first-order valence-corrected chi connectivity index (χ1v) is 21.7. The molecule has 12 nitrogen and oxygen atoms in total. The van der Waals surface area contributed by atoms with Crippen LogP contribution in [-0.2, 0) is 33.9 Å². The summed E-state index contributed by atoms with van der Waals surface area (Å²) >= 11 is 6.50. The van der Waals surface area contributed by atoms with E-state index < -0.39 is 55.7 Å². The molecule has 0 spiro atoms. The summed E-state index contributed by atoms with van der Waals surface area (Å²) in [7, 11) is -2.43. The summed E-state index contributed by atoms with van der Waals surface area (Å²) in [4.78, 5) is 63.2. The van der Waals surface area contributed by atoms with Crippen molar-refractivity contribution in [1.82, 2.24) is 14.6 Å². The molecule has 2 amide bonds. The fourth-order valence-electron chi connectivity index (χ4n) is 8.46. The second-order valence-electron chi connectivity index (χ2n) is 17.7. The smallest absolute Gasteiger partial charge is 0.307 e. The SMILES string of the molecule is CC[C@@H]1C[C@@H](C)CC/C=C\[C@@H]2C[C@@]2(C(=O)NS(=O)(=O)C2(C)CC2)CC(=O)[C@@H]2C[C@@H](Oc3nccc4cc(OC)c(Cl)cc34)CN2C(=O)[C@H]1CC(=O)OC(C)(C)C. The Morgan fingerprint density at radius 2 is 1.88 bits per heavy atom. The average molecular weight is 814 g/mol. The first kappa shape index (κ1) is 41.9. The summed E-state index contributed by atoms with van der Waals surface area (Å²) in [5, 5.41) is 1.75. The van der Waals surface area contributed by atoms with Crippen molar-refractivity contribution in [2.75, 3.05) is 13.7 Å². The number of benzene rings is 1. The second kappa shape index (κ2) is 15.9. The summed E-state index contributed by atoms with van der Waals surface area (Å²) in [5.41, 5.74) is -2.04. The number of methoxy groups -OCH3 is 1. The van der Waals surface area contributed by atoms with Crippen LogP contribution in [0.2, 0.25) is 5.02 Å². The Bertz CT molecular complexity index is 2010. The number of fused-ring (bicyclic) bond motifs is 3. The first-order valence-electron chi connectivity index (χ1n) is 19.9. The number of nitrogens with one attached hydrogen (secondary N) is 1. The molecule has 2 saturated carbocycles. The van der Waals surface area contributed by atoms with Crippen LogP contribution < -0.4 is 14.2 Å². The van der Waals surface area contributed by atoms with Crippen molar-refractivity contribution < 1.29 is 41.8 Å². The van der Waals surface area contributed by atoms with Crippen molar-refractivity contribution in [2.24, 2.45) is 29.1 Å². The zero-order valence-electron chi connectivity index (χ0n) is 33.6. The lowest BCUT2D eigenvalue weighted by Crippen LogP contribution is -2.48. The fraction of sp³-hybridized carbons (Fsp3) is 0.643. The van der Waals surface area contributed by atoms with Crippen LogP contribution >= 0.6 is 11.6 Å². The predicted molar refractivity (Wildman–Crippen MR) is 213 cm³/mol. The maximum Gasteiger partial charge on any atom is 0.307 e. The average Bonchev–Trinajstić information content (AvgIpc) is 4.00. The molecule has 2 aromatic rings. The predicted octanol–water partition coefficient (Wildman–Crippen LogP) is 6.96. The standard InChI is InChI=1S/C42H56ClN3O9S/c1-8-26-17-25(2)11-9-10-12-28-22-42(28,39(50)45-56(51,52)41(6)14-15-41)23-34(47)33-19-29(24-46(33)38(49)31(26)21-36(48)55-40(3,4)5)54-37-30-20-32(43)35(53-7)18-27(30)13-16-44-37/h10,12-13,16,18,20,25-26,28-29,31,33H,8-9,11,14-15,17,19,21-24H2,1-7H3,(H,45,50)/b12-10-/t25-,26+,28+,29+,31-,33-,42+/m0/s1. The molecular formula is C42H56ClN3O9S. The van der Waals surface area contributed by atoms with Crippen molar-refractivity contribution in [3.05, 3.63) is 41.6 Å². The number of hydrogen-bond acceptors (Lipinski definition) is 10. The zero-order valence-corrected chi connectivity index (χ0v) is 35.1. The van der Waals surface area contributed by atoms with Crippen LogP contribution in [0.4, 0.5) is 0 Å². The molecule has 0 radical (unpaired) electrons. The van der Waals surface area contributed by atoms with Gasteiger partial charge in [-0.05, 0) is 108 Å². The first-order chi connectivity index (χ1) is 26.3. The van der Waals surface area contributed by atoms with Crippen LogP contribution in [0.25, 0.3) is 10.8 Å². The Balaban J connectivity index is 1.37. The molecule has 56 heavy (non-hydrogen) atoms. The van der Waals surface area contributed by atoms with E-state index in [1.54, 1.807) is 52.1 Å². The normalized spacial score (nSPS) is 30.0. The lowest BCUT2D eigenvalue weighted by atomic mass is 9.79.